The van der Waals surface area contributed by atoms with Gasteiger partial charge in [-0.1, -0.05) is 11.6 Å². The normalized spacial score (nSPS) is 18.0. The van der Waals surface area contributed by atoms with E-state index in [-0.39, 0.29) is 0 Å². The predicted molar refractivity (Wildman–Crippen MR) is 136 cm³/mol. The Labute approximate surface area is 205 Å². The number of ether oxygens (including phenoxy) is 2. The van der Waals surface area contributed by atoms with Crippen LogP contribution < -0.4 is 14.4 Å². The topological polar surface area (TPSA) is 59.3 Å². The molecule has 2 aromatic heterocycles. The number of halogens is 1. The van der Waals surface area contributed by atoms with Gasteiger partial charge >= 0.3 is 0 Å². The number of hydrogen-bond acceptors (Lipinski definition) is 6. The third-order valence-electron chi connectivity index (χ3n) is 5.97. The zero-order valence-electron chi connectivity index (χ0n) is 18.7. The molecule has 1 aromatic carbocycles. The molecule has 176 valence electrons. The van der Waals surface area contributed by atoms with Crippen molar-refractivity contribution < 1.29 is 13.7 Å². The monoisotopic (exact) mass is 506 g/mol. The van der Waals surface area contributed by atoms with Crippen molar-refractivity contribution in [1.29, 1.82) is 0 Å². The summed E-state index contributed by atoms with van der Waals surface area (Å²) in [6.07, 6.45) is 8.22. The standard InChI is InChI=1S/C23H27ClN4O3S2/c1-30-22-13-21(31-15-32-2)18(12-19(22)24)20-14-27-6-5-16(11-23(27)25-20)26-7-9-28(10-8-26)33(29)17-3-4-17/h5-6,11-14,17H,3-4,7-10,15H2,1-2H3. The number of pyridine rings is 1. The van der Waals surface area contributed by atoms with Crippen LogP contribution in [0.5, 0.6) is 11.5 Å². The highest BCUT2D eigenvalue weighted by molar-refractivity contribution is 7.98. The first-order chi connectivity index (χ1) is 16.1. The van der Waals surface area contributed by atoms with E-state index >= 15 is 0 Å². The van der Waals surface area contributed by atoms with Crippen LogP contribution in [0.4, 0.5) is 5.69 Å². The van der Waals surface area contributed by atoms with Gasteiger partial charge in [-0.05, 0) is 31.2 Å². The number of rotatable bonds is 8. The first-order valence-electron chi connectivity index (χ1n) is 11.0. The number of methoxy groups -OCH3 is 1. The van der Waals surface area contributed by atoms with Gasteiger partial charge in [0.15, 0.2) is 0 Å². The van der Waals surface area contributed by atoms with Gasteiger partial charge < -0.3 is 18.8 Å². The molecule has 7 nitrogen and oxygen atoms in total. The van der Waals surface area contributed by atoms with Crippen LogP contribution >= 0.6 is 23.4 Å². The fourth-order valence-electron chi connectivity index (χ4n) is 4.04. The summed E-state index contributed by atoms with van der Waals surface area (Å²) in [6, 6.07) is 7.87. The summed E-state index contributed by atoms with van der Waals surface area (Å²) < 4.78 is 27.9. The van der Waals surface area contributed by atoms with Crippen LogP contribution in [0, 0.1) is 0 Å². The minimum Gasteiger partial charge on any atom is -0.495 e. The third kappa shape index (κ3) is 4.82. The molecular weight excluding hydrogens is 480 g/mol. The van der Waals surface area contributed by atoms with Crippen LogP contribution in [0.2, 0.25) is 5.02 Å². The molecule has 33 heavy (non-hydrogen) atoms. The van der Waals surface area contributed by atoms with Gasteiger partial charge in [0.2, 0.25) is 0 Å². The maximum absolute atomic E-state index is 12.4. The van der Waals surface area contributed by atoms with E-state index in [0.29, 0.717) is 27.7 Å². The largest absolute Gasteiger partial charge is 0.495 e. The van der Waals surface area contributed by atoms with E-state index in [0.717, 1.165) is 61.6 Å². The van der Waals surface area contributed by atoms with E-state index in [2.05, 4.69) is 21.3 Å². The van der Waals surface area contributed by atoms with Crippen LogP contribution in [-0.4, -0.2) is 68.6 Å². The van der Waals surface area contributed by atoms with E-state index < -0.39 is 11.0 Å². The zero-order valence-corrected chi connectivity index (χ0v) is 21.1. The third-order valence-corrected chi connectivity index (χ3v) is 8.54. The van der Waals surface area contributed by atoms with Crippen molar-refractivity contribution in [3.8, 4) is 22.8 Å². The molecule has 3 heterocycles. The Balaban J connectivity index is 1.39. The van der Waals surface area contributed by atoms with Crippen molar-refractivity contribution in [2.45, 2.75) is 18.1 Å². The second-order valence-corrected chi connectivity index (χ2v) is 11.2. The van der Waals surface area contributed by atoms with E-state index in [4.69, 9.17) is 26.1 Å². The lowest BCUT2D eigenvalue weighted by molar-refractivity contribution is 0.383. The smallest absolute Gasteiger partial charge is 0.141 e. The molecular formula is C23H27ClN4O3S2. The van der Waals surface area contributed by atoms with Gasteiger partial charge in [-0.2, -0.15) is 0 Å². The molecule has 2 aliphatic rings. The molecule has 1 aliphatic carbocycles. The molecule has 0 bridgehead atoms. The Hall–Kier alpha value is -1.94. The lowest BCUT2D eigenvalue weighted by Gasteiger charge is -2.35. The minimum atomic E-state index is -0.811. The Morgan fingerprint density at radius 3 is 2.67 bits per heavy atom. The van der Waals surface area contributed by atoms with Gasteiger partial charge in [0.05, 0.1) is 28.8 Å². The van der Waals surface area contributed by atoms with Crippen LogP contribution in [0.25, 0.3) is 16.9 Å². The summed E-state index contributed by atoms with van der Waals surface area (Å²) in [5.41, 5.74) is 3.60. The summed E-state index contributed by atoms with van der Waals surface area (Å²) in [5.74, 6) is 1.78. The second-order valence-electron chi connectivity index (χ2n) is 8.20. The van der Waals surface area contributed by atoms with Crippen molar-refractivity contribution in [3.05, 3.63) is 41.7 Å². The molecule has 1 unspecified atom stereocenters. The van der Waals surface area contributed by atoms with E-state index in [1.54, 1.807) is 18.9 Å². The van der Waals surface area contributed by atoms with Crippen molar-refractivity contribution in [2.24, 2.45) is 0 Å². The minimum absolute atomic E-state index is 0.396. The first-order valence-corrected chi connectivity index (χ1v) is 13.9. The quantitative estimate of drug-likeness (QED) is 0.424. The van der Waals surface area contributed by atoms with E-state index in [1.165, 1.54) is 0 Å². The molecule has 0 spiro atoms. The molecule has 1 aliphatic heterocycles. The van der Waals surface area contributed by atoms with Gasteiger partial charge in [-0.3, -0.25) is 0 Å². The Bertz CT molecular complexity index is 1180. The Kier molecular flexibility index (Phi) is 6.74. The number of nitrogens with zero attached hydrogens (tertiary/aromatic N) is 4. The fraction of sp³-hybridized carbons (Fsp3) is 0.435. The number of thioether (sulfide) groups is 1. The van der Waals surface area contributed by atoms with E-state index in [9.17, 15) is 4.21 Å². The molecule has 2 fully saturated rings. The highest BCUT2D eigenvalue weighted by atomic mass is 35.5. The number of aromatic nitrogens is 2. The molecule has 1 atom stereocenters. The number of benzene rings is 1. The van der Waals surface area contributed by atoms with Crippen LogP contribution in [0.1, 0.15) is 12.8 Å². The molecule has 10 heteroatoms. The van der Waals surface area contributed by atoms with Crippen LogP contribution in [-0.2, 0) is 11.0 Å². The van der Waals surface area contributed by atoms with E-state index in [1.807, 2.05) is 35.2 Å². The zero-order chi connectivity index (χ0) is 22.9. The Morgan fingerprint density at radius 2 is 1.97 bits per heavy atom. The highest BCUT2D eigenvalue weighted by Gasteiger charge is 2.34. The van der Waals surface area contributed by atoms with Gasteiger partial charge in [0.1, 0.15) is 23.1 Å². The molecule has 0 N–H and O–H groups in total. The van der Waals surface area contributed by atoms with Crippen molar-refractivity contribution in [2.75, 3.05) is 50.4 Å². The summed E-state index contributed by atoms with van der Waals surface area (Å²) in [7, 11) is 0.781. The lowest BCUT2D eigenvalue weighted by Crippen LogP contribution is -2.47. The van der Waals surface area contributed by atoms with Gasteiger partial charge in [0, 0.05) is 67.2 Å². The SMILES string of the molecule is COc1cc(OCSC)c(-c2cn3ccc(N4CCN(S(=O)C5CC5)CC4)cc3n2)cc1Cl. The summed E-state index contributed by atoms with van der Waals surface area (Å²) in [4.78, 5) is 7.21. The molecule has 5 rings (SSSR count). The van der Waals surface area contributed by atoms with Gasteiger partial charge in [0.25, 0.3) is 0 Å². The first kappa shape index (κ1) is 22.8. The number of fused-ring (bicyclic) bond motifs is 1. The van der Waals surface area contributed by atoms with Gasteiger partial charge in [-0.15, -0.1) is 11.8 Å². The lowest BCUT2D eigenvalue weighted by atomic mass is 10.1. The Morgan fingerprint density at radius 1 is 1.18 bits per heavy atom. The number of hydrogen-bond donors (Lipinski definition) is 0. The maximum atomic E-state index is 12.4. The summed E-state index contributed by atoms with van der Waals surface area (Å²) in [6.45, 7) is 3.38. The van der Waals surface area contributed by atoms with Crippen LogP contribution in [0.3, 0.4) is 0 Å². The number of anilines is 1. The second kappa shape index (κ2) is 9.74. The van der Waals surface area contributed by atoms with Crippen molar-refractivity contribution in [1.82, 2.24) is 13.7 Å². The molecule has 3 aromatic rings. The van der Waals surface area contributed by atoms with Gasteiger partial charge in [-0.25, -0.2) is 13.5 Å². The average molecular weight is 507 g/mol. The van der Waals surface area contributed by atoms with Crippen LogP contribution in [0.15, 0.2) is 36.7 Å². The molecule has 0 amide bonds. The fourth-order valence-corrected chi connectivity index (χ4v) is 6.01. The highest BCUT2D eigenvalue weighted by Crippen LogP contribution is 2.39. The number of piperazine rings is 1. The van der Waals surface area contributed by atoms with Crippen molar-refractivity contribution >= 4 is 45.7 Å². The summed E-state index contributed by atoms with van der Waals surface area (Å²) in [5, 5.41) is 0.913. The summed E-state index contributed by atoms with van der Waals surface area (Å²) >= 11 is 8.01. The van der Waals surface area contributed by atoms with Crippen molar-refractivity contribution in [3.63, 3.8) is 0 Å². The maximum Gasteiger partial charge on any atom is 0.141 e. The molecule has 1 saturated heterocycles. The number of imidazole rings is 1. The molecule has 0 radical (unpaired) electrons. The predicted octanol–water partition coefficient (Wildman–Crippen LogP) is 4.31. The molecule has 1 saturated carbocycles. The average Bonchev–Trinajstić information content (AvgIpc) is 3.61.